The number of nitrogens with one attached hydrogen (secondary N) is 1. The lowest BCUT2D eigenvalue weighted by atomic mass is 10.8. The highest BCUT2D eigenvalue weighted by molar-refractivity contribution is 4.39. The van der Waals surface area contributed by atoms with Gasteiger partial charge in [0.2, 0.25) is 0 Å². The molecule has 1 nitrogen and oxygen atoms in total. The average molecular weight is 147 g/mol. The summed E-state index contributed by atoms with van der Waals surface area (Å²) in [7, 11) is 3.75. The first kappa shape index (κ1) is 11.5. The highest BCUT2D eigenvalue weighted by Gasteiger charge is 2.26. The summed E-state index contributed by atoms with van der Waals surface area (Å²) in [6.45, 7) is -2.23. The van der Waals surface area contributed by atoms with E-state index in [4.69, 9.17) is 0 Å². The first-order valence-electron chi connectivity index (χ1n) is 2.19. The molecule has 0 saturated carbocycles. The van der Waals surface area contributed by atoms with Crippen LogP contribution >= 0.6 is 0 Å². The monoisotopic (exact) mass is 147 g/mol. The molecule has 0 unspecified atom stereocenters. The third-order valence-electron chi connectivity index (χ3n) is 0.152. The second kappa shape index (κ2) is 5.81. The topological polar surface area (TPSA) is 12.0 Å². The largest absolute Gasteiger partial charge is 0.416 e. The van der Waals surface area contributed by atoms with Crippen LogP contribution in [0.2, 0.25) is 0 Å². The van der Waals surface area contributed by atoms with Gasteiger partial charge in [0.1, 0.15) is 0 Å². The van der Waals surface area contributed by atoms with Crippen molar-refractivity contribution in [2.24, 2.45) is 0 Å². The number of alkyl halides is 4. The molecule has 0 atom stereocenters. The third-order valence-corrected chi connectivity index (χ3v) is 0.152. The molecule has 0 rings (SSSR count). The van der Waals surface area contributed by atoms with Gasteiger partial charge in [0, 0.05) is 0 Å². The highest BCUT2D eigenvalue weighted by Crippen LogP contribution is 2.13. The first-order chi connectivity index (χ1) is 3.97. The van der Waals surface area contributed by atoms with Crippen molar-refractivity contribution in [1.29, 1.82) is 0 Å². The number of hydrogen-bond donors (Lipinski definition) is 1. The Balaban J connectivity index is 0. The Morgan fingerprint density at radius 2 is 1.33 bits per heavy atom. The van der Waals surface area contributed by atoms with Gasteiger partial charge >= 0.3 is 6.18 Å². The van der Waals surface area contributed by atoms with Crippen LogP contribution in [0, 0.1) is 0 Å². The van der Waals surface area contributed by atoms with E-state index in [2.05, 4.69) is 5.32 Å². The summed E-state index contributed by atoms with van der Waals surface area (Å²) < 4.78 is 41.6. The van der Waals surface area contributed by atoms with Crippen LogP contribution in [0.25, 0.3) is 0 Å². The van der Waals surface area contributed by atoms with Crippen LogP contribution in [-0.2, 0) is 0 Å². The van der Waals surface area contributed by atoms with E-state index in [9.17, 15) is 17.6 Å². The Morgan fingerprint density at radius 3 is 1.33 bits per heavy atom. The lowest BCUT2D eigenvalue weighted by Gasteiger charge is -1.93. The van der Waals surface area contributed by atoms with Crippen LogP contribution in [-0.4, -0.2) is 26.9 Å². The van der Waals surface area contributed by atoms with Crippen LogP contribution in [0.15, 0.2) is 0 Å². The van der Waals surface area contributed by atoms with Gasteiger partial charge < -0.3 is 5.32 Å². The second-order valence-corrected chi connectivity index (χ2v) is 1.25. The van der Waals surface area contributed by atoms with Gasteiger partial charge in [0.15, 0.2) is 6.67 Å². The summed E-state index contributed by atoms with van der Waals surface area (Å²) in [6, 6.07) is 0. The van der Waals surface area contributed by atoms with Crippen LogP contribution in [0.1, 0.15) is 0 Å². The fraction of sp³-hybridized carbons (Fsp3) is 1.00. The summed E-state index contributed by atoms with van der Waals surface area (Å²) in [6.07, 6.45) is -4.62. The zero-order chi connectivity index (χ0) is 7.91. The molecule has 9 heavy (non-hydrogen) atoms. The van der Waals surface area contributed by atoms with Crippen molar-refractivity contribution in [2.45, 2.75) is 6.18 Å². The van der Waals surface area contributed by atoms with E-state index in [1.54, 1.807) is 0 Å². The normalized spacial score (nSPS) is 10.0. The predicted molar refractivity (Wildman–Crippen MR) is 27.0 cm³/mol. The standard InChI is InChI=1S/C2H2F4.C2H7N/c3-1-2(4,5)6;1-3-2/h1H2;3H,1-2H3. The van der Waals surface area contributed by atoms with Crippen molar-refractivity contribution < 1.29 is 17.6 Å². The maximum absolute atomic E-state index is 10.4. The molecule has 0 aromatic rings. The fourth-order valence-corrected chi connectivity index (χ4v) is 0. The highest BCUT2D eigenvalue weighted by atomic mass is 19.4. The van der Waals surface area contributed by atoms with Gasteiger partial charge in [-0.05, 0) is 14.1 Å². The maximum atomic E-state index is 10.4. The van der Waals surface area contributed by atoms with Crippen LogP contribution in [0.5, 0.6) is 0 Å². The Hall–Kier alpha value is -0.320. The minimum Gasteiger partial charge on any atom is -0.323 e. The van der Waals surface area contributed by atoms with Gasteiger partial charge in [-0.25, -0.2) is 4.39 Å². The van der Waals surface area contributed by atoms with Gasteiger partial charge in [-0.3, -0.25) is 0 Å². The predicted octanol–water partition coefficient (Wildman–Crippen LogP) is 1.35. The van der Waals surface area contributed by atoms with Crippen molar-refractivity contribution in [1.82, 2.24) is 5.32 Å². The summed E-state index contributed by atoms with van der Waals surface area (Å²) in [5.41, 5.74) is 0. The lowest BCUT2D eigenvalue weighted by Crippen LogP contribution is -2.08. The van der Waals surface area contributed by atoms with Crippen molar-refractivity contribution in [3.05, 3.63) is 0 Å². The second-order valence-electron chi connectivity index (χ2n) is 1.25. The van der Waals surface area contributed by atoms with Gasteiger partial charge in [-0.2, -0.15) is 13.2 Å². The summed E-state index contributed by atoms with van der Waals surface area (Å²) >= 11 is 0. The van der Waals surface area contributed by atoms with Crippen molar-refractivity contribution >= 4 is 0 Å². The molecule has 0 saturated heterocycles. The van der Waals surface area contributed by atoms with Crippen LogP contribution in [0.4, 0.5) is 17.6 Å². The molecule has 0 fully saturated rings. The van der Waals surface area contributed by atoms with Crippen LogP contribution in [0.3, 0.4) is 0 Å². The van der Waals surface area contributed by atoms with Gasteiger partial charge in [-0.15, -0.1) is 0 Å². The van der Waals surface area contributed by atoms with E-state index in [0.717, 1.165) is 0 Å². The molecule has 0 radical (unpaired) electrons. The van der Waals surface area contributed by atoms with Gasteiger partial charge in [0.05, 0.1) is 0 Å². The Bertz CT molecular complexity index is 51.0. The lowest BCUT2D eigenvalue weighted by molar-refractivity contribution is -0.142. The minimum absolute atomic E-state index is 1.88. The quantitative estimate of drug-likeness (QED) is 0.510. The maximum Gasteiger partial charge on any atom is 0.416 e. The molecule has 0 aromatic carbocycles. The van der Waals surface area contributed by atoms with Crippen molar-refractivity contribution in [2.75, 3.05) is 20.8 Å². The zero-order valence-electron chi connectivity index (χ0n) is 5.22. The molecule has 0 aromatic heterocycles. The molecule has 5 heteroatoms. The zero-order valence-corrected chi connectivity index (χ0v) is 5.22. The number of rotatable bonds is 0. The Morgan fingerprint density at radius 1 is 1.22 bits per heavy atom. The molecule has 0 spiro atoms. The summed E-state index contributed by atoms with van der Waals surface area (Å²) in [5.74, 6) is 0. The van der Waals surface area contributed by atoms with Gasteiger partial charge in [-0.1, -0.05) is 0 Å². The molecule has 0 bridgehead atoms. The molecular formula is C4H9F4N. The molecule has 0 amide bonds. The average Bonchev–Trinajstić information content (AvgIpc) is 1.67. The van der Waals surface area contributed by atoms with E-state index in [0.29, 0.717) is 0 Å². The minimum atomic E-state index is -4.62. The summed E-state index contributed by atoms with van der Waals surface area (Å²) in [5, 5.41) is 2.75. The molecule has 1 N–H and O–H groups in total. The van der Waals surface area contributed by atoms with Crippen molar-refractivity contribution in [3.8, 4) is 0 Å². The van der Waals surface area contributed by atoms with E-state index in [-0.39, 0.29) is 0 Å². The van der Waals surface area contributed by atoms with E-state index in [1.807, 2.05) is 14.1 Å². The Labute approximate surface area is 51.1 Å². The molecular weight excluding hydrogens is 138 g/mol. The molecule has 0 aliphatic heterocycles. The SMILES string of the molecule is CNC.FCC(F)(F)F. The molecule has 0 heterocycles. The molecule has 0 aliphatic carbocycles. The number of halogens is 4. The van der Waals surface area contributed by atoms with Crippen molar-refractivity contribution in [3.63, 3.8) is 0 Å². The van der Waals surface area contributed by atoms with Gasteiger partial charge in [0.25, 0.3) is 0 Å². The Kier molecular flexibility index (Phi) is 7.41. The van der Waals surface area contributed by atoms with E-state index >= 15 is 0 Å². The molecule has 58 valence electrons. The fourth-order valence-electron chi connectivity index (χ4n) is 0. The first-order valence-corrected chi connectivity index (χ1v) is 2.19. The number of hydrogen-bond acceptors (Lipinski definition) is 1. The van der Waals surface area contributed by atoms with E-state index in [1.165, 1.54) is 0 Å². The van der Waals surface area contributed by atoms with Crippen LogP contribution < -0.4 is 5.32 Å². The molecule has 0 aliphatic rings. The summed E-state index contributed by atoms with van der Waals surface area (Å²) in [4.78, 5) is 0. The third kappa shape index (κ3) is 34.5. The smallest absolute Gasteiger partial charge is 0.323 e. The van der Waals surface area contributed by atoms with E-state index < -0.39 is 12.9 Å².